The summed E-state index contributed by atoms with van der Waals surface area (Å²) in [5, 5.41) is 2.91. The first-order valence-electron chi connectivity index (χ1n) is 12.2. The first-order valence-corrected chi connectivity index (χ1v) is 13.6. The molecule has 8 nitrogen and oxygen atoms in total. The Labute approximate surface area is 206 Å². The summed E-state index contributed by atoms with van der Waals surface area (Å²) < 4.78 is 33.4. The average molecular weight is 498 g/mol. The average Bonchev–Trinajstić information content (AvgIpc) is 3.65. The zero-order valence-electron chi connectivity index (χ0n) is 20.1. The molecule has 186 valence electrons. The van der Waals surface area contributed by atoms with Gasteiger partial charge in [-0.05, 0) is 74.9 Å². The molecule has 0 spiro atoms. The van der Waals surface area contributed by atoms with E-state index in [0.717, 1.165) is 24.1 Å². The highest BCUT2D eigenvalue weighted by molar-refractivity contribution is 7.89. The first kappa shape index (κ1) is 23.8. The van der Waals surface area contributed by atoms with Crippen molar-refractivity contribution < 1.29 is 22.7 Å². The van der Waals surface area contributed by atoms with Crippen LogP contribution in [-0.4, -0.2) is 50.8 Å². The van der Waals surface area contributed by atoms with Crippen LogP contribution in [0.5, 0.6) is 5.75 Å². The molecule has 0 aromatic heterocycles. The molecule has 2 aromatic rings. The Hall–Kier alpha value is -2.91. The van der Waals surface area contributed by atoms with E-state index in [4.69, 9.17) is 4.74 Å². The minimum atomic E-state index is -3.68. The molecule has 35 heavy (non-hydrogen) atoms. The lowest BCUT2D eigenvalue weighted by Gasteiger charge is -2.30. The van der Waals surface area contributed by atoms with E-state index in [9.17, 15) is 18.0 Å². The number of sulfonamides is 1. The van der Waals surface area contributed by atoms with E-state index in [1.54, 1.807) is 43.5 Å². The van der Waals surface area contributed by atoms with Crippen molar-refractivity contribution in [1.82, 2.24) is 4.31 Å². The predicted molar refractivity (Wildman–Crippen MR) is 133 cm³/mol. The molecule has 1 saturated heterocycles. The first-order chi connectivity index (χ1) is 16.8. The fraction of sp³-hybridized carbons (Fsp3) is 0.462. The van der Waals surface area contributed by atoms with Gasteiger partial charge in [-0.2, -0.15) is 4.31 Å². The number of piperidine rings is 1. The van der Waals surface area contributed by atoms with Crippen LogP contribution in [-0.2, 0) is 26.0 Å². The summed E-state index contributed by atoms with van der Waals surface area (Å²) in [6.07, 6.45) is 3.46. The number of ether oxygens (including phenoxy) is 1. The maximum atomic E-state index is 13.4. The van der Waals surface area contributed by atoms with Gasteiger partial charge in [0.1, 0.15) is 5.75 Å². The van der Waals surface area contributed by atoms with E-state index in [1.165, 1.54) is 4.31 Å². The Balaban J connectivity index is 1.24. The van der Waals surface area contributed by atoms with E-state index in [-0.39, 0.29) is 47.7 Å². The molecule has 9 heteroatoms. The van der Waals surface area contributed by atoms with Crippen LogP contribution in [0.25, 0.3) is 0 Å². The van der Waals surface area contributed by atoms with E-state index < -0.39 is 10.0 Å². The highest BCUT2D eigenvalue weighted by Crippen LogP contribution is 2.40. The number of carbonyl (C=O) groups is 2. The maximum absolute atomic E-state index is 13.4. The quantitative estimate of drug-likeness (QED) is 0.660. The predicted octanol–water partition coefficient (Wildman–Crippen LogP) is 3.42. The molecular formula is C26H31N3O5S. The number of rotatable bonds is 6. The number of fused-ring (bicyclic) bond motifs is 1. The van der Waals surface area contributed by atoms with Gasteiger partial charge >= 0.3 is 0 Å². The van der Waals surface area contributed by atoms with Crippen LogP contribution >= 0.6 is 0 Å². The minimum absolute atomic E-state index is 0.0369. The third-order valence-electron chi connectivity index (χ3n) is 7.23. The summed E-state index contributed by atoms with van der Waals surface area (Å²) in [4.78, 5) is 27.5. The van der Waals surface area contributed by atoms with Gasteiger partial charge in [0.25, 0.3) is 0 Å². The van der Waals surface area contributed by atoms with Gasteiger partial charge in [0.15, 0.2) is 0 Å². The number of nitrogens with zero attached hydrogens (tertiary/aromatic N) is 2. The molecule has 2 aliphatic heterocycles. The van der Waals surface area contributed by atoms with Crippen molar-refractivity contribution in [2.45, 2.75) is 50.0 Å². The summed E-state index contributed by atoms with van der Waals surface area (Å²) >= 11 is 0. The van der Waals surface area contributed by atoms with Crippen molar-refractivity contribution in [3.8, 4) is 5.75 Å². The van der Waals surface area contributed by atoms with Crippen LogP contribution < -0.4 is 15.0 Å². The van der Waals surface area contributed by atoms with Gasteiger partial charge in [0, 0.05) is 48.4 Å². The Morgan fingerprint density at radius 1 is 1.00 bits per heavy atom. The fourth-order valence-corrected chi connectivity index (χ4v) is 6.60. The topological polar surface area (TPSA) is 96.0 Å². The van der Waals surface area contributed by atoms with E-state index in [1.807, 2.05) is 17.9 Å². The largest absolute Gasteiger partial charge is 0.497 e. The van der Waals surface area contributed by atoms with Crippen LogP contribution in [0.3, 0.4) is 0 Å². The number of hydrogen-bond acceptors (Lipinski definition) is 5. The standard InChI is InChI=1S/C26H31N3O5S/c1-17-14-20-15-23(8-9-24(20)29(17)26(31)19-6-7-19)35(32,33)28-12-10-18(11-13-28)25(30)27-21-4-3-5-22(16-21)34-2/h3-5,8-9,15-19H,6-7,10-14H2,1-2H3,(H,27,30). The lowest BCUT2D eigenvalue weighted by atomic mass is 9.97. The second-order valence-electron chi connectivity index (χ2n) is 9.73. The molecule has 3 aliphatic rings. The second kappa shape index (κ2) is 9.28. The molecular weight excluding hydrogens is 466 g/mol. The SMILES string of the molecule is COc1cccc(NC(=O)C2CCN(S(=O)(=O)c3ccc4c(c3)CC(C)N4C(=O)C3CC3)CC2)c1. The van der Waals surface area contributed by atoms with E-state index in [2.05, 4.69) is 5.32 Å². The van der Waals surface area contributed by atoms with Gasteiger partial charge < -0.3 is 15.0 Å². The van der Waals surface area contributed by atoms with Crippen molar-refractivity contribution in [3.05, 3.63) is 48.0 Å². The zero-order valence-corrected chi connectivity index (χ0v) is 20.9. The third-order valence-corrected chi connectivity index (χ3v) is 9.13. The molecule has 0 radical (unpaired) electrons. The molecule has 2 amide bonds. The van der Waals surface area contributed by atoms with Crippen LogP contribution in [0.1, 0.15) is 38.2 Å². The van der Waals surface area contributed by atoms with Gasteiger partial charge in [-0.3, -0.25) is 9.59 Å². The Kier molecular flexibility index (Phi) is 6.31. The molecule has 1 saturated carbocycles. The number of amides is 2. The molecule has 2 fully saturated rings. The van der Waals surface area contributed by atoms with Gasteiger partial charge in [0.2, 0.25) is 21.8 Å². The molecule has 5 rings (SSSR count). The summed E-state index contributed by atoms with van der Waals surface area (Å²) in [5.41, 5.74) is 2.40. The van der Waals surface area contributed by atoms with Gasteiger partial charge in [-0.1, -0.05) is 6.07 Å². The number of methoxy groups -OCH3 is 1. The molecule has 1 unspecified atom stereocenters. The molecule has 1 atom stereocenters. The number of carbonyl (C=O) groups excluding carboxylic acids is 2. The van der Waals surface area contributed by atoms with Crippen LogP contribution in [0.4, 0.5) is 11.4 Å². The smallest absolute Gasteiger partial charge is 0.243 e. The Bertz CT molecular complexity index is 1250. The molecule has 1 aliphatic carbocycles. The third kappa shape index (κ3) is 4.67. The number of hydrogen-bond donors (Lipinski definition) is 1. The number of nitrogens with one attached hydrogen (secondary N) is 1. The van der Waals surface area contributed by atoms with Crippen molar-refractivity contribution in [2.24, 2.45) is 11.8 Å². The van der Waals surface area contributed by atoms with E-state index in [0.29, 0.717) is 30.7 Å². The maximum Gasteiger partial charge on any atom is 0.243 e. The monoisotopic (exact) mass is 497 g/mol. The fourth-order valence-electron chi connectivity index (χ4n) is 5.08. The highest BCUT2D eigenvalue weighted by atomic mass is 32.2. The number of anilines is 2. The van der Waals surface area contributed by atoms with Crippen LogP contribution in [0, 0.1) is 11.8 Å². The highest BCUT2D eigenvalue weighted by Gasteiger charge is 2.40. The van der Waals surface area contributed by atoms with Crippen LogP contribution in [0.2, 0.25) is 0 Å². The molecule has 2 aromatic carbocycles. The van der Waals surface area contributed by atoms with Crippen molar-refractivity contribution in [2.75, 3.05) is 30.4 Å². The Morgan fingerprint density at radius 3 is 2.43 bits per heavy atom. The molecule has 0 bridgehead atoms. The molecule has 2 heterocycles. The van der Waals surface area contributed by atoms with Crippen molar-refractivity contribution in [1.29, 1.82) is 0 Å². The normalized spacial score (nSPS) is 21.0. The van der Waals surface area contributed by atoms with Crippen LogP contribution in [0.15, 0.2) is 47.4 Å². The number of benzene rings is 2. The lowest BCUT2D eigenvalue weighted by molar-refractivity contribution is -0.121. The van der Waals surface area contributed by atoms with Crippen molar-refractivity contribution >= 4 is 33.2 Å². The Morgan fingerprint density at radius 2 is 1.74 bits per heavy atom. The van der Waals surface area contributed by atoms with Gasteiger partial charge in [0.05, 0.1) is 12.0 Å². The summed E-state index contributed by atoms with van der Waals surface area (Å²) in [6.45, 7) is 2.59. The van der Waals surface area contributed by atoms with Gasteiger partial charge in [-0.15, -0.1) is 0 Å². The zero-order chi connectivity index (χ0) is 24.7. The van der Waals surface area contributed by atoms with Gasteiger partial charge in [-0.25, -0.2) is 8.42 Å². The van der Waals surface area contributed by atoms with E-state index >= 15 is 0 Å². The summed E-state index contributed by atoms with van der Waals surface area (Å²) in [5.74, 6) is 0.570. The second-order valence-corrected chi connectivity index (χ2v) is 11.7. The summed E-state index contributed by atoms with van der Waals surface area (Å²) in [6, 6.07) is 12.3. The van der Waals surface area contributed by atoms with Crippen molar-refractivity contribution in [3.63, 3.8) is 0 Å². The molecule has 1 N–H and O–H groups in total. The summed E-state index contributed by atoms with van der Waals surface area (Å²) in [7, 11) is -2.11. The lowest BCUT2D eigenvalue weighted by Crippen LogP contribution is -2.41. The minimum Gasteiger partial charge on any atom is -0.497 e.